The molecule has 0 aliphatic carbocycles. The lowest BCUT2D eigenvalue weighted by Crippen LogP contribution is -2.15. The van der Waals surface area contributed by atoms with Gasteiger partial charge in [0.05, 0.1) is 5.56 Å². The molecule has 0 bridgehead atoms. The molecule has 1 aromatic rings. The Bertz CT molecular complexity index is 365. The van der Waals surface area contributed by atoms with Gasteiger partial charge in [-0.2, -0.15) is 24.9 Å². The number of thioether (sulfide) groups is 1. The van der Waals surface area contributed by atoms with Gasteiger partial charge in [-0.3, -0.25) is 0 Å². The lowest BCUT2D eigenvalue weighted by molar-refractivity contribution is -0.137. The van der Waals surface area contributed by atoms with E-state index in [2.05, 4.69) is 6.92 Å². The van der Waals surface area contributed by atoms with Crippen molar-refractivity contribution in [2.24, 2.45) is 5.73 Å². The van der Waals surface area contributed by atoms with E-state index >= 15 is 0 Å². The van der Waals surface area contributed by atoms with Crippen molar-refractivity contribution in [1.82, 2.24) is 0 Å². The third-order valence-electron chi connectivity index (χ3n) is 2.58. The van der Waals surface area contributed by atoms with Crippen LogP contribution in [0.1, 0.15) is 36.9 Å². The molecule has 0 amide bonds. The van der Waals surface area contributed by atoms with Crippen LogP contribution in [-0.2, 0) is 6.18 Å². The molecule has 0 fully saturated rings. The third-order valence-corrected chi connectivity index (χ3v) is 3.75. The highest BCUT2D eigenvalue weighted by molar-refractivity contribution is 7.99. The van der Waals surface area contributed by atoms with Gasteiger partial charge in [-0.05, 0) is 29.9 Å². The summed E-state index contributed by atoms with van der Waals surface area (Å²) in [5.41, 5.74) is 5.82. The van der Waals surface area contributed by atoms with Crippen LogP contribution in [0.15, 0.2) is 24.3 Å². The van der Waals surface area contributed by atoms with Crippen LogP contribution in [0.4, 0.5) is 13.2 Å². The van der Waals surface area contributed by atoms with Crippen molar-refractivity contribution in [2.45, 2.75) is 32.0 Å². The Labute approximate surface area is 110 Å². The Kier molecular flexibility index (Phi) is 6.02. The van der Waals surface area contributed by atoms with Crippen LogP contribution < -0.4 is 5.73 Å². The summed E-state index contributed by atoms with van der Waals surface area (Å²) in [6.07, 6.45) is -2.07. The molecule has 2 N–H and O–H groups in total. The number of benzene rings is 1. The first-order valence-corrected chi connectivity index (χ1v) is 7.11. The van der Waals surface area contributed by atoms with Gasteiger partial charge in [0.1, 0.15) is 0 Å². The molecule has 0 heterocycles. The van der Waals surface area contributed by atoms with Crippen molar-refractivity contribution in [1.29, 1.82) is 0 Å². The molecule has 0 radical (unpaired) electrons. The fourth-order valence-corrected chi connectivity index (χ4v) is 2.60. The molecule has 102 valence electrons. The van der Waals surface area contributed by atoms with Crippen LogP contribution >= 0.6 is 11.8 Å². The highest BCUT2D eigenvalue weighted by Gasteiger charge is 2.30. The lowest BCUT2D eigenvalue weighted by atomic mass is 10.1. The molecule has 0 saturated heterocycles. The fraction of sp³-hybridized carbons (Fsp3) is 0.538. The number of rotatable bonds is 6. The van der Waals surface area contributed by atoms with E-state index in [0.717, 1.165) is 30.7 Å². The number of halogens is 3. The Balaban J connectivity index is 2.60. The van der Waals surface area contributed by atoms with Crippen LogP contribution in [0.25, 0.3) is 0 Å². The van der Waals surface area contributed by atoms with E-state index in [0.29, 0.717) is 11.3 Å². The van der Waals surface area contributed by atoms with Gasteiger partial charge in [-0.25, -0.2) is 0 Å². The van der Waals surface area contributed by atoms with Crippen LogP contribution in [0.5, 0.6) is 0 Å². The second kappa shape index (κ2) is 7.04. The molecular weight excluding hydrogens is 259 g/mol. The number of hydrogen-bond acceptors (Lipinski definition) is 2. The van der Waals surface area contributed by atoms with Gasteiger partial charge in [-0.1, -0.05) is 25.5 Å². The van der Waals surface area contributed by atoms with Crippen LogP contribution in [0, 0.1) is 0 Å². The fourth-order valence-electron chi connectivity index (χ4n) is 1.50. The maximum absolute atomic E-state index is 12.5. The Morgan fingerprint density at radius 2 is 2.06 bits per heavy atom. The summed E-state index contributed by atoms with van der Waals surface area (Å²) in [4.78, 5) is 0. The zero-order valence-electron chi connectivity index (χ0n) is 10.3. The highest BCUT2D eigenvalue weighted by Crippen LogP contribution is 2.30. The summed E-state index contributed by atoms with van der Waals surface area (Å²) in [5.74, 6) is 1.66. The zero-order chi connectivity index (χ0) is 13.6. The van der Waals surface area contributed by atoms with Gasteiger partial charge >= 0.3 is 6.18 Å². The maximum Gasteiger partial charge on any atom is 0.416 e. The standard InChI is InChI=1S/C13H18F3NS/c1-2-3-7-18-9-12(17)10-5-4-6-11(8-10)13(14,15)16/h4-6,8,12H,2-3,7,9,17H2,1H3. The third kappa shape index (κ3) is 4.90. The largest absolute Gasteiger partial charge is 0.416 e. The van der Waals surface area contributed by atoms with Gasteiger partial charge in [0.15, 0.2) is 0 Å². The first kappa shape index (κ1) is 15.4. The van der Waals surface area contributed by atoms with Crippen molar-refractivity contribution < 1.29 is 13.2 Å². The van der Waals surface area contributed by atoms with E-state index in [1.807, 2.05) is 0 Å². The lowest BCUT2D eigenvalue weighted by Gasteiger charge is -2.14. The summed E-state index contributed by atoms with van der Waals surface area (Å²) < 4.78 is 37.6. The molecule has 1 aromatic carbocycles. The van der Waals surface area contributed by atoms with Gasteiger partial charge in [0, 0.05) is 11.8 Å². The average Bonchev–Trinajstić information content (AvgIpc) is 2.33. The number of unbranched alkanes of at least 4 members (excludes halogenated alkanes) is 1. The second-order valence-corrected chi connectivity index (χ2v) is 5.31. The zero-order valence-corrected chi connectivity index (χ0v) is 11.2. The summed E-state index contributed by atoms with van der Waals surface area (Å²) in [6, 6.07) is 4.94. The van der Waals surface area contributed by atoms with E-state index in [-0.39, 0.29) is 6.04 Å². The second-order valence-electron chi connectivity index (χ2n) is 4.16. The number of hydrogen-bond donors (Lipinski definition) is 1. The van der Waals surface area contributed by atoms with Crippen molar-refractivity contribution in [2.75, 3.05) is 11.5 Å². The number of alkyl halides is 3. The Hall–Kier alpha value is -0.680. The average molecular weight is 277 g/mol. The van der Waals surface area contributed by atoms with Crippen molar-refractivity contribution in [3.05, 3.63) is 35.4 Å². The summed E-state index contributed by atoms with van der Waals surface area (Å²) >= 11 is 1.69. The van der Waals surface area contributed by atoms with E-state index in [1.54, 1.807) is 17.8 Å². The minimum atomic E-state index is -4.30. The minimum Gasteiger partial charge on any atom is -0.323 e. The SMILES string of the molecule is CCCCSCC(N)c1cccc(C(F)(F)F)c1. The topological polar surface area (TPSA) is 26.0 Å². The van der Waals surface area contributed by atoms with E-state index in [4.69, 9.17) is 5.73 Å². The Morgan fingerprint density at radius 3 is 2.67 bits per heavy atom. The predicted octanol–water partition coefficient (Wildman–Crippen LogP) is 4.24. The van der Waals surface area contributed by atoms with Crippen molar-refractivity contribution in [3.63, 3.8) is 0 Å². The van der Waals surface area contributed by atoms with E-state index in [9.17, 15) is 13.2 Å². The van der Waals surface area contributed by atoms with Crippen LogP contribution in [0.3, 0.4) is 0 Å². The number of nitrogens with two attached hydrogens (primary N) is 1. The first-order chi connectivity index (χ1) is 8.45. The normalized spacial score (nSPS) is 13.6. The van der Waals surface area contributed by atoms with Crippen LogP contribution in [0.2, 0.25) is 0 Å². The molecule has 0 spiro atoms. The molecular formula is C13H18F3NS. The van der Waals surface area contributed by atoms with Gasteiger partial charge in [0.25, 0.3) is 0 Å². The van der Waals surface area contributed by atoms with Gasteiger partial charge in [0.2, 0.25) is 0 Å². The van der Waals surface area contributed by atoms with Crippen molar-refractivity contribution in [3.8, 4) is 0 Å². The molecule has 0 saturated carbocycles. The molecule has 0 aliphatic rings. The smallest absolute Gasteiger partial charge is 0.323 e. The maximum atomic E-state index is 12.5. The molecule has 0 aromatic heterocycles. The first-order valence-electron chi connectivity index (χ1n) is 5.95. The van der Waals surface area contributed by atoms with Gasteiger partial charge in [-0.15, -0.1) is 0 Å². The molecule has 1 unspecified atom stereocenters. The minimum absolute atomic E-state index is 0.339. The molecule has 5 heteroatoms. The van der Waals surface area contributed by atoms with E-state index in [1.165, 1.54) is 6.07 Å². The molecule has 0 aliphatic heterocycles. The Morgan fingerprint density at radius 1 is 1.33 bits per heavy atom. The summed E-state index contributed by atoms with van der Waals surface area (Å²) in [7, 11) is 0. The summed E-state index contributed by atoms with van der Waals surface area (Å²) in [6.45, 7) is 2.10. The molecule has 18 heavy (non-hydrogen) atoms. The monoisotopic (exact) mass is 277 g/mol. The summed E-state index contributed by atoms with van der Waals surface area (Å²) in [5, 5.41) is 0. The predicted molar refractivity (Wildman–Crippen MR) is 70.6 cm³/mol. The molecule has 1 rings (SSSR count). The molecule has 1 nitrogen and oxygen atoms in total. The quantitative estimate of drug-likeness (QED) is 0.787. The molecule has 1 atom stereocenters. The van der Waals surface area contributed by atoms with E-state index < -0.39 is 11.7 Å². The highest BCUT2D eigenvalue weighted by atomic mass is 32.2. The van der Waals surface area contributed by atoms with Gasteiger partial charge < -0.3 is 5.73 Å². The van der Waals surface area contributed by atoms with Crippen molar-refractivity contribution >= 4 is 11.8 Å². The van der Waals surface area contributed by atoms with Crippen LogP contribution in [-0.4, -0.2) is 11.5 Å².